The molecular weight excluding hydrogens is 470 g/mol. The molecule has 0 radical (unpaired) electrons. The Labute approximate surface area is 206 Å². The van der Waals surface area contributed by atoms with E-state index in [-0.39, 0.29) is 19.0 Å². The Kier molecular flexibility index (Phi) is 9.00. The van der Waals surface area contributed by atoms with Crippen molar-refractivity contribution in [3.63, 3.8) is 0 Å². The van der Waals surface area contributed by atoms with E-state index < -0.39 is 10.0 Å². The molecule has 0 spiro atoms. The van der Waals surface area contributed by atoms with Crippen molar-refractivity contribution in [1.29, 1.82) is 0 Å². The van der Waals surface area contributed by atoms with Crippen LogP contribution in [0, 0.1) is 0 Å². The lowest BCUT2D eigenvalue weighted by Gasteiger charge is -2.26. The number of esters is 1. The van der Waals surface area contributed by atoms with Crippen LogP contribution in [0.2, 0.25) is 0 Å². The standard InChI is InChI=1S/C25H33N3O6S/c1-4-21-20(17-25(30)33-5-2)19-11-10-18(16-23(19)26-21)34-15-13-28(12-14-29)24-9-7-6-8-22(24)27-35(3,31)32/h6-11,16,26-27,29H,4-5,12-15,17H2,1-3H3. The molecule has 0 saturated carbocycles. The lowest BCUT2D eigenvalue weighted by atomic mass is 10.1. The zero-order valence-corrected chi connectivity index (χ0v) is 21.2. The minimum atomic E-state index is -3.45. The number of carbonyl (C=O) groups is 1. The molecule has 0 fully saturated rings. The van der Waals surface area contributed by atoms with E-state index in [0.717, 1.165) is 34.8 Å². The third-order valence-corrected chi connectivity index (χ3v) is 6.08. The van der Waals surface area contributed by atoms with Crippen molar-refractivity contribution in [2.75, 3.05) is 48.8 Å². The number of fused-ring (bicyclic) bond motifs is 1. The maximum atomic E-state index is 12.0. The van der Waals surface area contributed by atoms with Crippen LogP contribution in [-0.4, -0.2) is 63.6 Å². The lowest BCUT2D eigenvalue weighted by Crippen LogP contribution is -2.32. The Balaban J connectivity index is 1.73. The number of ether oxygens (including phenoxy) is 2. The molecule has 0 saturated heterocycles. The first-order chi connectivity index (χ1) is 16.8. The van der Waals surface area contributed by atoms with E-state index in [2.05, 4.69) is 9.71 Å². The number of aromatic amines is 1. The zero-order valence-electron chi connectivity index (χ0n) is 20.3. The number of nitrogens with one attached hydrogen (secondary N) is 2. The van der Waals surface area contributed by atoms with Gasteiger partial charge < -0.3 is 24.5 Å². The molecule has 1 heterocycles. The van der Waals surface area contributed by atoms with Gasteiger partial charge >= 0.3 is 5.97 Å². The summed E-state index contributed by atoms with van der Waals surface area (Å²) in [4.78, 5) is 17.3. The SMILES string of the molecule is CCOC(=O)Cc1c(CC)[nH]c2cc(OCCN(CCO)c3ccccc3NS(C)(=O)=O)ccc12. The smallest absolute Gasteiger partial charge is 0.310 e. The van der Waals surface area contributed by atoms with Gasteiger partial charge in [0.15, 0.2) is 0 Å². The number of aromatic nitrogens is 1. The van der Waals surface area contributed by atoms with Crippen LogP contribution >= 0.6 is 0 Å². The van der Waals surface area contributed by atoms with Gasteiger partial charge in [-0.15, -0.1) is 0 Å². The summed E-state index contributed by atoms with van der Waals surface area (Å²) in [5.74, 6) is 0.411. The van der Waals surface area contributed by atoms with E-state index in [9.17, 15) is 18.3 Å². The maximum absolute atomic E-state index is 12.0. The predicted molar refractivity (Wildman–Crippen MR) is 138 cm³/mol. The van der Waals surface area contributed by atoms with Crippen molar-refractivity contribution in [3.05, 3.63) is 53.7 Å². The summed E-state index contributed by atoms with van der Waals surface area (Å²) in [6.45, 7) is 5.14. The van der Waals surface area contributed by atoms with Crippen LogP contribution in [0.5, 0.6) is 5.75 Å². The van der Waals surface area contributed by atoms with Gasteiger partial charge in [-0.2, -0.15) is 0 Å². The molecule has 0 aliphatic carbocycles. The number of hydrogen-bond acceptors (Lipinski definition) is 7. The minimum absolute atomic E-state index is 0.0926. The Morgan fingerprint density at radius 1 is 1.14 bits per heavy atom. The summed E-state index contributed by atoms with van der Waals surface area (Å²) < 4.78 is 37.1. The van der Waals surface area contributed by atoms with Crippen LogP contribution < -0.4 is 14.4 Å². The highest BCUT2D eigenvalue weighted by molar-refractivity contribution is 7.92. The average molecular weight is 504 g/mol. The Hall–Kier alpha value is -3.24. The molecule has 2 aromatic carbocycles. The molecule has 35 heavy (non-hydrogen) atoms. The molecule has 0 amide bonds. The molecule has 3 rings (SSSR count). The van der Waals surface area contributed by atoms with Gasteiger partial charge in [0.25, 0.3) is 0 Å². The Bertz CT molecular complexity index is 1260. The summed E-state index contributed by atoms with van der Waals surface area (Å²) in [7, 11) is -3.45. The topological polar surface area (TPSA) is 121 Å². The van der Waals surface area contributed by atoms with Crippen LogP contribution in [0.1, 0.15) is 25.1 Å². The number of hydrogen-bond donors (Lipinski definition) is 3. The highest BCUT2D eigenvalue weighted by Gasteiger charge is 2.16. The monoisotopic (exact) mass is 503 g/mol. The van der Waals surface area contributed by atoms with Gasteiger partial charge in [0.05, 0.1) is 43.8 Å². The number of H-pyrrole nitrogens is 1. The normalized spacial score (nSPS) is 11.4. The Morgan fingerprint density at radius 2 is 1.91 bits per heavy atom. The molecule has 3 aromatic rings. The largest absolute Gasteiger partial charge is 0.492 e. The first-order valence-corrected chi connectivity index (χ1v) is 13.5. The minimum Gasteiger partial charge on any atom is -0.492 e. The van der Waals surface area contributed by atoms with Crippen molar-refractivity contribution in [2.45, 2.75) is 26.7 Å². The van der Waals surface area contributed by atoms with Crippen molar-refractivity contribution in [1.82, 2.24) is 4.98 Å². The van der Waals surface area contributed by atoms with E-state index in [1.54, 1.807) is 25.1 Å². The summed E-state index contributed by atoms with van der Waals surface area (Å²) in [6, 6.07) is 12.7. The number of aryl methyl sites for hydroxylation is 1. The molecule has 190 valence electrons. The number of para-hydroxylation sites is 2. The number of anilines is 2. The third kappa shape index (κ3) is 7.12. The zero-order chi connectivity index (χ0) is 25.4. The van der Waals surface area contributed by atoms with E-state index in [0.29, 0.717) is 43.4 Å². The van der Waals surface area contributed by atoms with E-state index >= 15 is 0 Å². The van der Waals surface area contributed by atoms with Crippen LogP contribution in [-0.2, 0) is 32.4 Å². The summed E-state index contributed by atoms with van der Waals surface area (Å²) in [6.07, 6.45) is 2.08. The van der Waals surface area contributed by atoms with E-state index in [4.69, 9.17) is 9.47 Å². The number of nitrogens with zero attached hydrogens (tertiary/aromatic N) is 1. The molecule has 3 N–H and O–H groups in total. The average Bonchev–Trinajstić information content (AvgIpc) is 3.14. The molecule has 9 nitrogen and oxygen atoms in total. The van der Waals surface area contributed by atoms with Gasteiger partial charge in [-0.25, -0.2) is 8.42 Å². The highest BCUT2D eigenvalue weighted by Crippen LogP contribution is 2.29. The number of sulfonamides is 1. The van der Waals surface area contributed by atoms with Gasteiger partial charge in [0, 0.05) is 29.2 Å². The number of carbonyl (C=O) groups excluding carboxylic acids is 1. The fourth-order valence-electron chi connectivity index (χ4n) is 4.02. The first-order valence-electron chi connectivity index (χ1n) is 11.6. The molecular formula is C25H33N3O6S. The third-order valence-electron chi connectivity index (χ3n) is 5.49. The molecule has 0 aliphatic rings. The van der Waals surface area contributed by atoms with Crippen LogP contribution in [0.15, 0.2) is 42.5 Å². The quantitative estimate of drug-likeness (QED) is 0.307. The van der Waals surface area contributed by atoms with Crippen molar-refractivity contribution < 1.29 is 27.8 Å². The molecule has 0 bridgehead atoms. The van der Waals surface area contributed by atoms with E-state index in [1.807, 2.05) is 36.1 Å². The molecule has 0 unspecified atom stereocenters. The van der Waals surface area contributed by atoms with Gasteiger partial charge in [-0.3, -0.25) is 9.52 Å². The lowest BCUT2D eigenvalue weighted by molar-refractivity contribution is -0.142. The van der Waals surface area contributed by atoms with Gasteiger partial charge in [0.2, 0.25) is 10.0 Å². The van der Waals surface area contributed by atoms with Crippen LogP contribution in [0.4, 0.5) is 11.4 Å². The number of aliphatic hydroxyl groups is 1. The molecule has 10 heteroatoms. The Morgan fingerprint density at radius 3 is 2.60 bits per heavy atom. The summed E-state index contributed by atoms with van der Waals surface area (Å²) >= 11 is 0. The second-order valence-corrected chi connectivity index (χ2v) is 9.82. The fraction of sp³-hybridized carbons (Fsp3) is 0.400. The summed E-state index contributed by atoms with van der Waals surface area (Å²) in [5, 5.41) is 10.5. The fourth-order valence-corrected chi connectivity index (χ4v) is 4.59. The number of rotatable bonds is 13. The van der Waals surface area contributed by atoms with Crippen molar-refractivity contribution in [3.8, 4) is 5.75 Å². The highest BCUT2D eigenvalue weighted by atomic mass is 32.2. The molecule has 0 atom stereocenters. The van der Waals surface area contributed by atoms with Crippen LogP contribution in [0.3, 0.4) is 0 Å². The van der Waals surface area contributed by atoms with Gasteiger partial charge in [0.1, 0.15) is 12.4 Å². The second kappa shape index (κ2) is 11.9. The number of benzene rings is 2. The predicted octanol–water partition coefficient (Wildman–Crippen LogP) is 3.09. The van der Waals surface area contributed by atoms with Gasteiger partial charge in [-0.05, 0) is 43.2 Å². The maximum Gasteiger partial charge on any atom is 0.310 e. The summed E-state index contributed by atoms with van der Waals surface area (Å²) in [5.41, 5.74) is 3.92. The first kappa shape index (κ1) is 26.4. The molecule has 0 aliphatic heterocycles. The van der Waals surface area contributed by atoms with Crippen molar-refractivity contribution in [2.24, 2.45) is 0 Å². The van der Waals surface area contributed by atoms with Crippen molar-refractivity contribution >= 4 is 38.3 Å². The second-order valence-electron chi connectivity index (χ2n) is 8.08. The van der Waals surface area contributed by atoms with Crippen LogP contribution in [0.25, 0.3) is 10.9 Å². The van der Waals surface area contributed by atoms with E-state index in [1.165, 1.54) is 0 Å². The van der Waals surface area contributed by atoms with Gasteiger partial charge in [-0.1, -0.05) is 19.1 Å². The number of aliphatic hydroxyl groups excluding tert-OH is 1. The molecule has 1 aromatic heterocycles.